The van der Waals surface area contributed by atoms with Gasteiger partial charge in [-0.25, -0.2) is 0 Å². The van der Waals surface area contributed by atoms with Crippen molar-refractivity contribution in [2.24, 2.45) is 5.92 Å². The van der Waals surface area contributed by atoms with Crippen LogP contribution in [-0.4, -0.2) is 11.8 Å². The van der Waals surface area contributed by atoms with Crippen molar-refractivity contribution in [3.8, 4) is 0 Å². The Bertz CT molecular complexity index is 406. The fourth-order valence-electron chi connectivity index (χ4n) is 1.57. The highest BCUT2D eigenvalue weighted by Crippen LogP contribution is 2.19. The Morgan fingerprint density at radius 3 is 2.12 bits per heavy atom. The zero-order valence-corrected chi connectivity index (χ0v) is 10.4. The molecular weight excluding hydrogens is 216 g/mol. The second kappa shape index (κ2) is 5.62. The van der Waals surface area contributed by atoms with Crippen molar-refractivity contribution < 1.29 is 14.7 Å². The van der Waals surface area contributed by atoms with Crippen LogP contribution in [0.1, 0.15) is 49.0 Å². The monoisotopic (exact) mass is 233 g/mol. The quantitative estimate of drug-likeness (QED) is 0.575. The molecule has 0 bridgehead atoms. The maximum absolute atomic E-state index is 11.7. The van der Waals surface area contributed by atoms with Crippen LogP contribution in [0.5, 0.6) is 0 Å². The average molecular weight is 233 g/mol. The molecule has 0 fully saturated rings. The summed E-state index contributed by atoms with van der Waals surface area (Å²) in [6, 6.07) is 7.12. The maximum Gasteiger partial charge on any atom is 0.171 e. The van der Waals surface area contributed by atoms with Gasteiger partial charge in [-0.3, -0.25) is 4.79 Å². The molecule has 0 spiro atoms. The van der Waals surface area contributed by atoms with Gasteiger partial charge in [0.15, 0.2) is 5.78 Å². The Balaban J connectivity index is 2.88. The lowest BCUT2D eigenvalue weighted by molar-refractivity contribution is -0.308. The number of hydrogen-bond acceptors (Lipinski definition) is 3. The summed E-state index contributed by atoms with van der Waals surface area (Å²) in [5, 5.41) is 10.6. The van der Waals surface area contributed by atoms with Gasteiger partial charge in [0, 0.05) is 5.56 Å². The average Bonchev–Trinajstić information content (AvgIpc) is 2.36. The number of hydrogen-bond donors (Lipinski definition) is 0. The number of benzene rings is 1. The van der Waals surface area contributed by atoms with Crippen LogP contribution in [0.25, 0.3) is 0 Å². The summed E-state index contributed by atoms with van der Waals surface area (Å²) < 4.78 is 0. The minimum absolute atomic E-state index is 0.402. The van der Waals surface area contributed by atoms with Crippen molar-refractivity contribution >= 4 is 11.8 Å². The van der Waals surface area contributed by atoms with Crippen LogP contribution in [-0.2, 0) is 4.79 Å². The first-order valence-electron chi connectivity index (χ1n) is 5.82. The Morgan fingerprint density at radius 2 is 1.71 bits per heavy atom. The molecule has 0 radical (unpaired) electrons. The van der Waals surface area contributed by atoms with Crippen LogP contribution in [0.4, 0.5) is 0 Å². The first-order valence-corrected chi connectivity index (χ1v) is 5.82. The van der Waals surface area contributed by atoms with E-state index in [4.69, 9.17) is 0 Å². The first-order chi connectivity index (χ1) is 7.97. The number of rotatable bonds is 5. The lowest BCUT2D eigenvalue weighted by atomic mass is 9.94. The first kappa shape index (κ1) is 13.4. The second-order valence-corrected chi connectivity index (χ2v) is 4.34. The van der Waals surface area contributed by atoms with E-state index in [0.29, 0.717) is 11.5 Å². The number of carboxylic acid groups (broad SMARTS) is 1. The molecule has 17 heavy (non-hydrogen) atoms. The Morgan fingerprint density at radius 1 is 1.18 bits per heavy atom. The molecule has 3 heteroatoms. The Hall–Kier alpha value is -1.64. The van der Waals surface area contributed by atoms with E-state index in [-0.39, 0.29) is 0 Å². The Kier molecular flexibility index (Phi) is 4.44. The lowest BCUT2D eigenvalue weighted by Crippen LogP contribution is -2.34. The minimum atomic E-state index is -1.33. The third-order valence-electron chi connectivity index (χ3n) is 3.12. The summed E-state index contributed by atoms with van der Waals surface area (Å²) in [7, 11) is 0. The number of aliphatic carboxylic acids is 1. The SMILES string of the molecule is CCC(C)c1ccc(C(=O)C(C)C(=O)[O-])cc1. The van der Waals surface area contributed by atoms with Gasteiger partial charge in [0.2, 0.25) is 0 Å². The highest BCUT2D eigenvalue weighted by Gasteiger charge is 2.16. The summed E-state index contributed by atoms with van der Waals surface area (Å²) in [5.74, 6) is -2.39. The fraction of sp³-hybridized carbons (Fsp3) is 0.429. The van der Waals surface area contributed by atoms with Crippen molar-refractivity contribution in [2.75, 3.05) is 0 Å². The molecule has 1 rings (SSSR count). The van der Waals surface area contributed by atoms with Crippen LogP contribution in [0, 0.1) is 5.92 Å². The molecule has 0 aliphatic carbocycles. The summed E-state index contributed by atoms with van der Waals surface area (Å²) in [4.78, 5) is 22.3. The standard InChI is InChI=1S/C14H18O3/c1-4-9(2)11-5-7-12(8-6-11)13(15)10(3)14(16)17/h5-10H,4H2,1-3H3,(H,16,17)/p-1. The van der Waals surface area contributed by atoms with Crippen LogP contribution in [0.3, 0.4) is 0 Å². The van der Waals surface area contributed by atoms with Gasteiger partial charge in [0.25, 0.3) is 0 Å². The smallest absolute Gasteiger partial charge is 0.171 e. The third-order valence-corrected chi connectivity index (χ3v) is 3.12. The molecule has 1 aromatic carbocycles. The molecule has 3 nitrogen and oxygen atoms in total. The summed E-state index contributed by atoms with van der Waals surface area (Å²) in [5.41, 5.74) is 1.58. The van der Waals surface area contributed by atoms with Gasteiger partial charge >= 0.3 is 0 Å². The van der Waals surface area contributed by atoms with Crippen LogP contribution >= 0.6 is 0 Å². The molecule has 92 valence electrons. The highest BCUT2D eigenvalue weighted by molar-refractivity contribution is 6.07. The molecular formula is C14H17O3-. The predicted octanol–water partition coefficient (Wildman–Crippen LogP) is 1.77. The van der Waals surface area contributed by atoms with Gasteiger partial charge in [-0.1, -0.05) is 38.1 Å². The molecule has 0 amide bonds. The molecule has 0 saturated heterocycles. The molecule has 0 N–H and O–H groups in total. The van der Waals surface area contributed by atoms with E-state index >= 15 is 0 Å². The molecule has 0 aliphatic rings. The van der Waals surface area contributed by atoms with Gasteiger partial charge in [0.1, 0.15) is 0 Å². The zero-order chi connectivity index (χ0) is 13.0. The summed E-state index contributed by atoms with van der Waals surface area (Å²) in [6.07, 6.45) is 1.03. The molecule has 1 aromatic rings. The largest absolute Gasteiger partial charge is 0.549 e. The minimum Gasteiger partial charge on any atom is -0.549 e. The van der Waals surface area contributed by atoms with Gasteiger partial charge in [-0.15, -0.1) is 0 Å². The lowest BCUT2D eigenvalue weighted by Gasteiger charge is -2.13. The van der Waals surface area contributed by atoms with Gasteiger partial charge in [-0.05, 0) is 24.8 Å². The van der Waals surface area contributed by atoms with Crippen LogP contribution < -0.4 is 5.11 Å². The molecule has 0 aromatic heterocycles. The van der Waals surface area contributed by atoms with E-state index in [9.17, 15) is 14.7 Å². The Labute approximate surface area is 101 Å². The molecule has 2 atom stereocenters. The van der Waals surface area contributed by atoms with Gasteiger partial charge in [-0.2, -0.15) is 0 Å². The second-order valence-electron chi connectivity index (χ2n) is 4.34. The normalized spacial score (nSPS) is 14.1. The van der Waals surface area contributed by atoms with Crippen molar-refractivity contribution in [3.05, 3.63) is 35.4 Å². The molecule has 0 saturated carbocycles. The van der Waals surface area contributed by atoms with Crippen molar-refractivity contribution in [1.29, 1.82) is 0 Å². The van der Waals surface area contributed by atoms with Crippen molar-refractivity contribution in [2.45, 2.75) is 33.1 Å². The number of carbonyl (C=O) groups is 2. The zero-order valence-electron chi connectivity index (χ0n) is 10.4. The van der Waals surface area contributed by atoms with E-state index in [2.05, 4.69) is 13.8 Å². The predicted molar refractivity (Wildman–Crippen MR) is 63.6 cm³/mol. The van der Waals surface area contributed by atoms with E-state index in [1.165, 1.54) is 6.92 Å². The molecule has 0 heterocycles. The van der Waals surface area contributed by atoms with Crippen molar-refractivity contribution in [1.82, 2.24) is 0 Å². The molecule has 2 unspecified atom stereocenters. The van der Waals surface area contributed by atoms with E-state index < -0.39 is 17.7 Å². The fourth-order valence-corrected chi connectivity index (χ4v) is 1.57. The van der Waals surface area contributed by atoms with Gasteiger partial charge < -0.3 is 9.90 Å². The summed E-state index contributed by atoms with van der Waals surface area (Å²) in [6.45, 7) is 5.56. The van der Waals surface area contributed by atoms with Crippen molar-refractivity contribution in [3.63, 3.8) is 0 Å². The van der Waals surface area contributed by atoms with E-state index in [0.717, 1.165) is 12.0 Å². The maximum atomic E-state index is 11.7. The van der Waals surface area contributed by atoms with Crippen LogP contribution in [0.2, 0.25) is 0 Å². The number of Topliss-reactive ketones (excluding diaryl/α,β-unsaturated/α-hetero) is 1. The molecule has 0 aliphatic heterocycles. The van der Waals surface area contributed by atoms with Gasteiger partial charge in [0.05, 0.1) is 11.9 Å². The van der Waals surface area contributed by atoms with Crippen LogP contribution in [0.15, 0.2) is 24.3 Å². The topological polar surface area (TPSA) is 57.2 Å². The highest BCUT2D eigenvalue weighted by atomic mass is 16.4. The number of carboxylic acids is 1. The number of carbonyl (C=O) groups excluding carboxylic acids is 2. The van der Waals surface area contributed by atoms with E-state index in [1.807, 2.05) is 12.1 Å². The van der Waals surface area contributed by atoms with E-state index in [1.54, 1.807) is 12.1 Å². The third kappa shape index (κ3) is 3.16. The number of ketones is 1. The summed E-state index contributed by atoms with van der Waals surface area (Å²) >= 11 is 0.